The number of nitrogens with one attached hydrogen (secondary N) is 2. The Morgan fingerprint density at radius 3 is 2.60 bits per heavy atom. The molecule has 1 aliphatic heterocycles. The van der Waals surface area contributed by atoms with E-state index in [0.717, 1.165) is 22.2 Å². The van der Waals surface area contributed by atoms with Crippen LogP contribution in [0.1, 0.15) is 17.5 Å². The quantitative estimate of drug-likeness (QED) is 0.124. The summed E-state index contributed by atoms with van der Waals surface area (Å²) >= 11 is 3.58. The van der Waals surface area contributed by atoms with Crippen LogP contribution in [0.25, 0.3) is 10.9 Å². The van der Waals surface area contributed by atoms with Crippen LogP contribution in [0.2, 0.25) is 0 Å². The van der Waals surface area contributed by atoms with Crippen molar-refractivity contribution in [3.8, 4) is 11.5 Å². The van der Waals surface area contributed by atoms with Gasteiger partial charge in [0, 0.05) is 42.2 Å². The summed E-state index contributed by atoms with van der Waals surface area (Å²) in [7, 11) is -1.84. The summed E-state index contributed by atoms with van der Waals surface area (Å²) in [5.74, 6) is 1.40. The maximum Gasteiger partial charge on any atom is 0.179 e. The fraction of sp³-hybridized carbons (Fsp3) is 0.200. The van der Waals surface area contributed by atoms with Crippen LogP contribution < -0.4 is 20.1 Å². The molecule has 0 bridgehead atoms. The van der Waals surface area contributed by atoms with Crippen molar-refractivity contribution in [2.24, 2.45) is 0 Å². The highest BCUT2D eigenvalue weighted by molar-refractivity contribution is 9.10. The van der Waals surface area contributed by atoms with Gasteiger partial charge in [0.2, 0.25) is 0 Å². The SMILES string of the molecule is COc1cc2ncnc(Nc3ccc(OCc4cccc(F)c4)c(Br)c3)c2cc1C1(CNCCS(=O)(=O)c2ccccc2)CC=CO1. The van der Waals surface area contributed by atoms with Gasteiger partial charge in [0.05, 0.1) is 34.0 Å². The summed E-state index contributed by atoms with van der Waals surface area (Å²) in [6.45, 7) is 0.804. The van der Waals surface area contributed by atoms with Gasteiger partial charge in [0.15, 0.2) is 15.4 Å². The van der Waals surface area contributed by atoms with E-state index in [1.165, 1.54) is 18.5 Å². The molecule has 12 heteroatoms. The van der Waals surface area contributed by atoms with Gasteiger partial charge in [-0.05, 0) is 76.1 Å². The molecule has 1 atom stereocenters. The molecule has 6 rings (SSSR count). The molecule has 2 N–H and O–H groups in total. The second-order valence-corrected chi connectivity index (χ2v) is 13.9. The van der Waals surface area contributed by atoms with E-state index in [4.69, 9.17) is 14.2 Å². The molecule has 5 aromatic rings. The number of rotatable bonds is 13. The first-order chi connectivity index (χ1) is 22.8. The number of hydrogen-bond acceptors (Lipinski definition) is 9. The first kappa shape index (κ1) is 32.4. The average Bonchev–Trinajstić information content (AvgIpc) is 3.56. The van der Waals surface area contributed by atoms with Gasteiger partial charge < -0.3 is 24.8 Å². The van der Waals surface area contributed by atoms with Gasteiger partial charge in [-0.2, -0.15) is 0 Å². The zero-order valence-corrected chi connectivity index (χ0v) is 27.9. The van der Waals surface area contributed by atoms with Crippen LogP contribution in [0.3, 0.4) is 0 Å². The molecular formula is C35H32BrFN4O5S. The lowest BCUT2D eigenvalue weighted by atomic mass is 9.89. The second-order valence-electron chi connectivity index (χ2n) is 11.0. The number of aromatic nitrogens is 2. The van der Waals surface area contributed by atoms with Crippen molar-refractivity contribution in [3.63, 3.8) is 0 Å². The van der Waals surface area contributed by atoms with Gasteiger partial charge >= 0.3 is 0 Å². The van der Waals surface area contributed by atoms with Crippen LogP contribution in [-0.2, 0) is 26.8 Å². The number of anilines is 2. The van der Waals surface area contributed by atoms with Crippen LogP contribution in [-0.4, -0.2) is 44.3 Å². The summed E-state index contributed by atoms with van der Waals surface area (Å²) in [6, 6.07) is 24.1. The predicted molar refractivity (Wildman–Crippen MR) is 182 cm³/mol. The molecule has 2 heterocycles. The van der Waals surface area contributed by atoms with E-state index < -0.39 is 15.4 Å². The van der Waals surface area contributed by atoms with E-state index in [9.17, 15) is 12.8 Å². The second kappa shape index (κ2) is 14.1. The molecule has 47 heavy (non-hydrogen) atoms. The molecule has 9 nitrogen and oxygen atoms in total. The molecule has 4 aromatic carbocycles. The smallest absolute Gasteiger partial charge is 0.179 e. The van der Waals surface area contributed by atoms with Gasteiger partial charge in [0.1, 0.15) is 36.1 Å². The summed E-state index contributed by atoms with van der Waals surface area (Å²) in [5, 5.41) is 7.42. The van der Waals surface area contributed by atoms with Gasteiger partial charge in [-0.1, -0.05) is 30.3 Å². The monoisotopic (exact) mass is 718 g/mol. The van der Waals surface area contributed by atoms with Crippen LogP contribution in [0.4, 0.5) is 15.9 Å². The Bertz CT molecular complexity index is 2020. The minimum absolute atomic E-state index is 0.0541. The Kier molecular flexibility index (Phi) is 9.71. The van der Waals surface area contributed by atoms with Gasteiger partial charge in [-0.3, -0.25) is 0 Å². The Hall–Kier alpha value is -4.52. The van der Waals surface area contributed by atoms with Crippen LogP contribution in [0.15, 0.2) is 113 Å². The summed E-state index contributed by atoms with van der Waals surface area (Å²) < 4.78 is 57.8. The van der Waals surface area contributed by atoms with Crippen molar-refractivity contribution in [2.45, 2.75) is 23.5 Å². The fourth-order valence-electron chi connectivity index (χ4n) is 5.42. The molecule has 242 valence electrons. The third-order valence-electron chi connectivity index (χ3n) is 7.82. The summed E-state index contributed by atoms with van der Waals surface area (Å²) in [4.78, 5) is 9.31. The van der Waals surface area contributed by atoms with Crippen molar-refractivity contribution in [1.29, 1.82) is 0 Å². The number of benzene rings is 4. The molecule has 0 amide bonds. The van der Waals surface area contributed by atoms with Crippen molar-refractivity contribution < 1.29 is 27.0 Å². The molecule has 0 fully saturated rings. The first-order valence-electron chi connectivity index (χ1n) is 14.8. The summed E-state index contributed by atoms with van der Waals surface area (Å²) in [6.07, 6.45) is 5.62. The maximum absolute atomic E-state index is 13.6. The molecule has 0 aliphatic carbocycles. The van der Waals surface area contributed by atoms with E-state index >= 15 is 0 Å². The lowest BCUT2D eigenvalue weighted by molar-refractivity contribution is 0.0396. The number of ether oxygens (including phenoxy) is 3. The molecule has 1 aliphatic rings. The Labute approximate surface area is 280 Å². The highest BCUT2D eigenvalue weighted by atomic mass is 79.9. The number of methoxy groups -OCH3 is 1. The number of hydrogen-bond donors (Lipinski definition) is 2. The average molecular weight is 720 g/mol. The summed E-state index contributed by atoms with van der Waals surface area (Å²) in [5.41, 5.74) is 2.08. The van der Waals surface area contributed by atoms with E-state index in [0.29, 0.717) is 45.2 Å². The highest BCUT2D eigenvalue weighted by Crippen LogP contribution is 2.42. The minimum Gasteiger partial charge on any atom is -0.496 e. The maximum atomic E-state index is 13.6. The zero-order chi connectivity index (χ0) is 32.9. The van der Waals surface area contributed by atoms with Crippen molar-refractivity contribution in [3.05, 3.63) is 125 Å². The van der Waals surface area contributed by atoms with Gasteiger partial charge in [0.25, 0.3) is 0 Å². The Morgan fingerprint density at radius 1 is 1.00 bits per heavy atom. The number of sulfone groups is 1. The van der Waals surface area contributed by atoms with Crippen molar-refractivity contribution >= 4 is 48.2 Å². The number of fused-ring (bicyclic) bond motifs is 1. The largest absolute Gasteiger partial charge is 0.496 e. The molecule has 0 saturated heterocycles. The predicted octanol–water partition coefficient (Wildman–Crippen LogP) is 7.06. The van der Waals surface area contributed by atoms with E-state index in [1.54, 1.807) is 55.8 Å². The van der Waals surface area contributed by atoms with Gasteiger partial charge in [-0.15, -0.1) is 0 Å². The van der Waals surface area contributed by atoms with Crippen molar-refractivity contribution in [2.75, 3.05) is 31.3 Å². The molecule has 1 aromatic heterocycles. The van der Waals surface area contributed by atoms with Crippen LogP contribution >= 0.6 is 15.9 Å². The number of halogens is 2. The first-order valence-corrected chi connectivity index (χ1v) is 17.3. The normalized spacial score (nSPS) is 15.8. The Morgan fingerprint density at radius 2 is 1.85 bits per heavy atom. The molecule has 0 radical (unpaired) electrons. The minimum atomic E-state index is -3.43. The number of nitrogens with zero attached hydrogens (tertiary/aromatic N) is 2. The highest BCUT2D eigenvalue weighted by Gasteiger charge is 2.38. The molecule has 1 unspecified atom stereocenters. The van der Waals surface area contributed by atoms with E-state index in [2.05, 4.69) is 36.5 Å². The van der Waals surface area contributed by atoms with Crippen LogP contribution in [0, 0.1) is 5.82 Å². The molecule has 0 saturated carbocycles. The molecule has 0 spiro atoms. The van der Waals surface area contributed by atoms with E-state index in [-0.39, 0.29) is 24.7 Å². The van der Waals surface area contributed by atoms with E-state index in [1.807, 2.05) is 36.4 Å². The fourth-order valence-corrected chi connectivity index (χ4v) is 7.13. The van der Waals surface area contributed by atoms with Gasteiger partial charge in [-0.25, -0.2) is 22.8 Å². The van der Waals surface area contributed by atoms with Crippen molar-refractivity contribution in [1.82, 2.24) is 15.3 Å². The standard InChI is InChI=1S/C35H32BrFN4O5S/c1-44-33-20-31-28(19-29(33)35(13-6-15-46-35)22-38-14-16-47(42,43)27-9-3-2-4-10-27)34(40-23-39-31)41-26-11-12-32(30(36)18-26)45-21-24-7-5-8-25(37)17-24/h2-12,15,17-20,23,38H,13-14,16,21-22H2,1H3,(H,39,40,41). The lowest BCUT2D eigenvalue weighted by Gasteiger charge is -2.31. The zero-order valence-electron chi connectivity index (χ0n) is 25.5. The lowest BCUT2D eigenvalue weighted by Crippen LogP contribution is -2.39. The molecular weight excluding hydrogens is 687 g/mol. The van der Waals surface area contributed by atoms with Crippen LogP contribution in [0.5, 0.6) is 11.5 Å². The topological polar surface area (TPSA) is 112 Å². The third-order valence-corrected chi connectivity index (χ3v) is 10.2. The third kappa shape index (κ3) is 7.40. The Balaban J connectivity index is 1.22.